The van der Waals surface area contributed by atoms with Crippen LogP contribution < -0.4 is 20.1 Å². The van der Waals surface area contributed by atoms with E-state index in [0.717, 1.165) is 23.1 Å². The van der Waals surface area contributed by atoms with Crippen LogP contribution in [0.3, 0.4) is 0 Å². The fourth-order valence-electron chi connectivity index (χ4n) is 2.72. The maximum Gasteiger partial charge on any atom is 0.231 e. The van der Waals surface area contributed by atoms with Crippen molar-refractivity contribution in [2.45, 2.75) is 19.4 Å². The molecule has 0 amide bonds. The molecule has 0 radical (unpaired) electrons. The van der Waals surface area contributed by atoms with E-state index in [0.29, 0.717) is 24.6 Å². The van der Waals surface area contributed by atoms with Gasteiger partial charge in [-0.25, -0.2) is 8.78 Å². The number of benzene rings is 2. The number of nitrogens with zero attached hydrogens (tertiary/aromatic N) is 1. The number of halogens is 2. The van der Waals surface area contributed by atoms with Crippen molar-refractivity contribution >= 4 is 5.96 Å². The zero-order valence-electron chi connectivity index (χ0n) is 14.7. The molecule has 0 fully saturated rings. The molecule has 2 N–H and O–H groups in total. The Morgan fingerprint density at radius 3 is 2.69 bits per heavy atom. The Labute approximate surface area is 151 Å². The van der Waals surface area contributed by atoms with Gasteiger partial charge in [-0.2, -0.15) is 0 Å². The minimum absolute atomic E-state index is 0.139. The SMILES string of the molecule is CN=C(NCc1ccc2c(c1)OCO2)NCC(C)c1ccc(F)cc1F. The van der Waals surface area contributed by atoms with Gasteiger partial charge in [-0.05, 0) is 29.3 Å². The van der Waals surface area contributed by atoms with Crippen LogP contribution >= 0.6 is 0 Å². The van der Waals surface area contributed by atoms with E-state index in [1.165, 1.54) is 12.1 Å². The molecule has 3 rings (SSSR count). The number of guanidine groups is 1. The molecule has 0 saturated heterocycles. The van der Waals surface area contributed by atoms with Crippen molar-refractivity contribution in [1.82, 2.24) is 10.6 Å². The van der Waals surface area contributed by atoms with Crippen LogP contribution in [-0.2, 0) is 6.54 Å². The quantitative estimate of drug-likeness (QED) is 0.635. The summed E-state index contributed by atoms with van der Waals surface area (Å²) in [5, 5.41) is 6.35. The Morgan fingerprint density at radius 2 is 1.92 bits per heavy atom. The number of fused-ring (bicyclic) bond motifs is 1. The van der Waals surface area contributed by atoms with Crippen LogP contribution in [0, 0.1) is 11.6 Å². The van der Waals surface area contributed by atoms with E-state index in [2.05, 4.69) is 15.6 Å². The first-order valence-electron chi connectivity index (χ1n) is 8.35. The van der Waals surface area contributed by atoms with Crippen molar-refractivity contribution in [3.63, 3.8) is 0 Å². The van der Waals surface area contributed by atoms with E-state index < -0.39 is 11.6 Å². The number of rotatable bonds is 5. The summed E-state index contributed by atoms with van der Waals surface area (Å²) >= 11 is 0. The van der Waals surface area contributed by atoms with Crippen molar-refractivity contribution in [3.8, 4) is 11.5 Å². The van der Waals surface area contributed by atoms with Gasteiger partial charge in [0.15, 0.2) is 17.5 Å². The average molecular weight is 361 g/mol. The first-order chi connectivity index (χ1) is 12.6. The minimum atomic E-state index is -0.576. The molecular formula is C19H21F2N3O2. The third kappa shape index (κ3) is 4.22. The van der Waals surface area contributed by atoms with E-state index in [9.17, 15) is 8.78 Å². The van der Waals surface area contributed by atoms with Crippen molar-refractivity contribution in [1.29, 1.82) is 0 Å². The Hall–Kier alpha value is -2.83. The topological polar surface area (TPSA) is 54.9 Å². The number of nitrogens with one attached hydrogen (secondary N) is 2. The van der Waals surface area contributed by atoms with Crippen LogP contribution in [0.2, 0.25) is 0 Å². The summed E-state index contributed by atoms with van der Waals surface area (Å²) in [6.07, 6.45) is 0. The summed E-state index contributed by atoms with van der Waals surface area (Å²) in [5.41, 5.74) is 1.49. The summed E-state index contributed by atoms with van der Waals surface area (Å²) in [5.74, 6) is 0.811. The highest BCUT2D eigenvalue weighted by atomic mass is 19.1. The van der Waals surface area contributed by atoms with Gasteiger partial charge in [-0.1, -0.05) is 19.1 Å². The lowest BCUT2D eigenvalue weighted by Crippen LogP contribution is -2.38. The summed E-state index contributed by atoms with van der Waals surface area (Å²) in [6.45, 7) is 3.13. The van der Waals surface area contributed by atoms with E-state index in [1.807, 2.05) is 25.1 Å². The van der Waals surface area contributed by atoms with Crippen LogP contribution in [0.15, 0.2) is 41.4 Å². The molecule has 0 aliphatic carbocycles. The predicted octanol–water partition coefficient (Wildman–Crippen LogP) is 3.16. The molecule has 1 aliphatic rings. The molecule has 1 aliphatic heterocycles. The summed E-state index contributed by atoms with van der Waals surface area (Å²) < 4.78 is 37.5. The lowest BCUT2D eigenvalue weighted by molar-refractivity contribution is 0.174. The molecule has 2 aromatic carbocycles. The van der Waals surface area contributed by atoms with Crippen LogP contribution in [0.1, 0.15) is 24.0 Å². The first kappa shape index (κ1) is 18.0. The van der Waals surface area contributed by atoms with Gasteiger partial charge in [0.2, 0.25) is 6.79 Å². The molecule has 138 valence electrons. The molecule has 0 aromatic heterocycles. The maximum atomic E-state index is 13.8. The Bertz CT molecular complexity index is 811. The highest BCUT2D eigenvalue weighted by molar-refractivity contribution is 5.79. The van der Waals surface area contributed by atoms with Gasteiger partial charge in [-0.15, -0.1) is 0 Å². The van der Waals surface area contributed by atoms with Gasteiger partial charge in [-0.3, -0.25) is 4.99 Å². The van der Waals surface area contributed by atoms with Gasteiger partial charge in [0.1, 0.15) is 11.6 Å². The van der Waals surface area contributed by atoms with Gasteiger partial charge >= 0.3 is 0 Å². The number of hydrogen-bond acceptors (Lipinski definition) is 3. The summed E-state index contributed by atoms with van der Waals surface area (Å²) in [7, 11) is 1.66. The smallest absolute Gasteiger partial charge is 0.231 e. The minimum Gasteiger partial charge on any atom is -0.454 e. The second-order valence-electron chi connectivity index (χ2n) is 6.06. The molecule has 1 unspecified atom stereocenters. The monoisotopic (exact) mass is 361 g/mol. The van der Waals surface area contributed by atoms with Crippen LogP contribution in [0.25, 0.3) is 0 Å². The van der Waals surface area contributed by atoms with Gasteiger partial charge < -0.3 is 20.1 Å². The number of aliphatic imine (C=N–C) groups is 1. The molecular weight excluding hydrogens is 340 g/mol. The maximum absolute atomic E-state index is 13.8. The number of ether oxygens (including phenoxy) is 2. The zero-order chi connectivity index (χ0) is 18.5. The third-order valence-corrected chi connectivity index (χ3v) is 4.19. The fourth-order valence-corrected chi connectivity index (χ4v) is 2.72. The lowest BCUT2D eigenvalue weighted by atomic mass is 10.0. The second kappa shape index (κ2) is 8.03. The molecule has 0 spiro atoms. The normalized spacial score (nSPS) is 14.2. The van der Waals surface area contributed by atoms with Crippen LogP contribution in [0.5, 0.6) is 11.5 Å². The predicted molar refractivity (Wildman–Crippen MR) is 95.5 cm³/mol. The van der Waals surface area contributed by atoms with Gasteiger partial charge in [0.25, 0.3) is 0 Å². The molecule has 1 atom stereocenters. The Balaban J connectivity index is 1.53. The zero-order valence-corrected chi connectivity index (χ0v) is 14.7. The standard InChI is InChI=1S/C19H21F2N3O2/c1-12(15-5-4-14(20)8-16(15)21)9-23-19(22-2)24-10-13-3-6-17-18(7-13)26-11-25-17/h3-8,12H,9-11H2,1-2H3,(H2,22,23,24). The lowest BCUT2D eigenvalue weighted by Gasteiger charge is -2.17. The molecule has 5 nitrogen and oxygen atoms in total. The fraction of sp³-hybridized carbons (Fsp3) is 0.316. The van der Waals surface area contributed by atoms with Gasteiger partial charge in [0, 0.05) is 32.1 Å². The number of hydrogen-bond donors (Lipinski definition) is 2. The molecule has 0 saturated carbocycles. The summed E-state index contributed by atoms with van der Waals surface area (Å²) in [6, 6.07) is 9.37. The molecule has 26 heavy (non-hydrogen) atoms. The Morgan fingerprint density at radius 1 is 1.12 bits per heavy atom. The van der Waals surface area contributed by atoms with Gasteiger partial charge in [0.05, 0.1) is 0 Å². The van der Waals surface area contributed by atoms with Crippen molar-refractivity contribution in [2.24, 2.45) is 4.99 Å². The Kier molecular flexibility index (Phi) is 5.55. The van der Waals surface area contributed by atoms with Crippen LogP contribution in [-0.4, -0.2) is 26.3 Å². The van der Waals surface area contributed by atoms with E-state index in [-0.39, 0.29) is 12.7 Å². The van der Waals surface area contributed by atoms with E-state index >= 15 is 0 Å². The highest BCUT2D eigenvalue weighted by Gasteiger charge is 2.14. The largest absolute Gasteiger partial charge is 0.454 e. The average Bonchev–Trinajstić information content (AvgIpc) is 3.09. The van der Waals surface area contributed by atoms with Crippen molar-refractivity contribution in [3.05, 3.63) is 59.2 Å². The van der Waals surface area contributed by atoms with Crippen molar-refractivity contribution < 1.29 is 18.3 Å². The molecule has 0 bridgehead atoms. The molecule has 1 heterocycles. The third-order valence-electron chi connectivity index (χ3n) is 4.19. The summed E-state index contributed by atoms with van der Waals surface area (Å²) in [4.78, 5) is 4.16. The highest BCUT2D eigenvalue weighted by Crippen LogP contribution is 2.32. The van der Waals surface area contributed by atoms with E-state index in [1.54, 1.807) is 7.05 Å². The van der Waals surface area contributed by atoms with E-state index in [4.69, 9.17) is 9.47 Å². The van der Waals surface area contributed by atoms with Crippen LogP contribution in [0.4, 0.5) is 8.78 Å². The molecule has 7 heteroatoms. The first-order valence-corrected chi connectivity index (χ1v) is 8.35. The van der Waals surface area contributed by atoms with Crippen molar-refractivity contribution in [2.75, 3.05) is 20.4 Å². The molecule has 2 aromatic rings. The second-order valence-corrected chi connectivity index (χ2v) is 6.06.